The number of halogens is 6. The van der Waals surface area contributed by atoms with Crippen LogP contribution in [0.3, 0.4) is 0 Å². The normalized spacial score (nSPS) is 26.7. The molecule has 1 saturated carbocycles. The van der Waals surface area contributed by atoms with Crippen LogP contribution in [0, 0.1) is 11.3 Å². The number of urea groups is 1. The molecule has 0 bridgehead atoms. The predicted molar refractivity (Wildman–Crippen MR) is 106 cm³/mol. The molecule has 5 rings (SSSR count). The molecule has 1 aliphatic carbocycles. The summed E-state index contributed by atoms with van der Waals surface area (Å²) < 4.78 is 89.0. The van der Waals surface area contributed by atoms with Crippen molar-refractivity contribution in [2.24, 2.45) is 11.3 Å². The number of hydrogen-bond acceptors (Lipinski definition) is 5. The molecule has 0 N–H and O–H groups in total. The van der Waals surface area contributed by atoms with Crippen LogP contribution in [0.4, 0.5) is 31.1 Å². The summed E-state index contributed by atoms with van der Waals surface area (Å²) in [6.07, 6.45) is -8.71. The average Bonchev–Trinajstić information content (AvgIpc) is 2.72. The molecule has 1 aromatic heterocycles. The van der Waals surface area contributed by atoms with Crippen LogP contribution in [0.1, 0.15) is 36.8 Å². The zero-order chi connectivity index (χ0) is 25.2. The van der Waals surface area contributed by atoms with Crippen LogP contribution in [0.25, 0.3) is 0 Å². The van der Waals surface area contributed by atoms with Gasteiger partial charge >= 0.3 is 18.4 Å². The lowest BCUT2D eigenvalue weighted by Gasteiger charge is -2.59. The maximum atomic E-state index is 13.1. The van der Waals surface area contributed by atoms with Gasteiger partial charge in [-0.15, -0.1) is 0 Å². The quantitative estimate of drug-likeness (QED) is 0.571. The van der Waals surface area contributed by atoms with Crippen LogP contribution in [0.2, 0.25) is 0 Å². The lowest BCUT2D eigenvalue weighted by molar-refractivity contribution is -0.162. The number of rotatable bonds is 2. The van der Waals surface area contributed by atoms with Crippen molar-refractivity contribution in [3.63, 3.8) is 0 Å². The van der Waals surface area contributed by atoms with Crippen molar-refractivity contribution < 1.29 is 45.4 Å². The van der Waals surface area contributed by atoms with Crippen molar-refractivity contribution >= 4 is 11.8 Å². The number of fused-ring (bicyclic) bond motifs is 1. The zero-order valence-electron chi connectivity index (χ0n) is 18.5. The third-order valence-electron chi connectivity index (χ3n) is 7.30. The van der Waals surface area contributed by atoms with Crippen LogP contribution in [-0.2, 0) is 21.9 Å². The van der Waals surface area contributed by atoms with E-state index in [-0.39, 0.29) is 48.1 Å². The number of pyridine rings is 1. The largest absolute Gasteiger partial charge is 0.474 e. The van der Waals surface area contributed by atoms with Gasteiger partial charge in [0.05, 0.1) is 17.2 Å². The molecule has 7 nitrogen and oxygen atoms in total. The van der Waals surface area contributed by atoms with Crippen molar-refractivity contribution in [2.45, 2.75) is 50.2 Å². The molecule has 0 aromatic carbocycles. The number of hydrogen-bond donors (Lipinski definition) is 0. The molecule has 4 aliphatic rings. The lowest BCUT2D eigenvalue weighted by atomic mass is 9.62. The molecular weight excluding hydrogens is 484 g/mol. The van der Waals surface area contributed by atoms with E-state index in [2.05, 4.69) is 4.98 Å². The summed E-state index contributed by atoms with van der Waals surface area (Å²) in [6, 6.07) is 0.170. The van der Waals surface area contributed by atoms with E-state index in [9.17, 15) is 35.9 Å². The van der Waals surface area contributed by atoms with Gasteiger partial charge < -0.3 is 19.3 Å². The molecule has 3 aliphatic heterocycles. The van der Waals surface area contributed by atoms with Gasteiger partial charge in [-0.2, -0.15) is 26.3 Å². The molecule has 4 heterocycles. The van der Waals surface area contributed by atoms with Gasteiger partial charge in [-0.3, -0.25) is 4.79 Å². The van der Waals surface area contributed by atoms with E-state index in [1.807, 2.05) is 0 Å². The number of alkyl halides is 6. The van der Waals surface area contributed by atoms with E-state index in [0.717, 1.165) is 0 Å². The van der Waals surface area contributed by atoms with E-state index in [0.29, 0.717) is 51.9 Å². The maximum absolute atomic E-state index is 13.1. The minimum atomic E-state index is -5.20. The maximum Gasteiger partial charge on any atom is 0.418 e. The highest BCUT2D eigenvalue weighted by Gasteiger charge is 2.56. The zero-order valence-corrected chi connectivity index (χ0v) is 18.5. The molecule has 0 radical (unpaired) electrons. The molecule has 4 fully saturated rings. The smallest absolute Gasteiger partial charge is 0.418 e. The fourth-order valence-corrected chi connectivity index (χ4v) is 5.63. The first-order valence-corrected chi connectivity index (χ1v) is 11.3. The minimum Gasteiger partial charge on any atom is -0.474 e. The average molecular weight is 507 g/mol. The summed E-state index contributed by atoms with van der Waals surface area (Å²) in [4.78, 5) is 31.4. The molecule has 2 atom stereocenters. The molecule has 1 spiro atoms. The summed E-state index contributed by atoms with van der Waals surface area (Å²) in [5, 5.41) is 0. The predicted octanol–water partition coefficient (Wildman–Crippen LogP) is 3.76. The van der Waals surface area contributed by atoms with Gasteiger partial charge in [0.15, 0.2) is 5.78 Å². The van der Waals surface area contributed by atoms with Crippen LogP contribution in [-0.4, -0.2) is 71.6 Å². The molecular formula is C22H23F6N3O4. The number of piperidine rings is 1. The standard InChI is InChI=1S/C22H23F6N3O4/c23-21(24,25)15-4-18(29-7-16(15)22(26,27)28)35-14-5-20(6-14)10-31(11-20)19(33)30-2-1-17-12(8-30)3-13(32)9-34-17/h4,7,12,14,17H,1-3,5-6,8-11H2/t12-,17+/m1/s1. The fourth-order valence-electron chi connectivity index (χ4n) is 5.63. The minimum absolute atomic E-state index is 0.000639. The second kappa shape index (κ2) is 8.24. The molecule has 13 heteroatoms. The van der Waals surface area contributed by atoms with E-state index >= 15 is 0 Å². The van der Waals surface area contributed by atoms with E-state index in [1.165, 1.54) is 0 Å². The van der Waals surface area contributed by atoms with Crippen LogP contribution >= 0.6 is 0 Å². The van der Waals surface area contributed by atoms with Gasteiger partial charge in [-0.1, -0.05) is 0 Å². The summed E-state index contributed by atoms with van der Waals surface area (Å²) in [5.41, 5.74) is -3.90. The first-order chi connectivity index (χ1) is 16.3. The topological polar surface area (TPSA) is 72.0 Å². The van der Waals surface area contributed by atoms with Gasteiger partial charge in [-0.25, -0.2) is 9.78 Å². The number of carbonyl (C=O) groups excluding carboxylic acids is 2. The monoisotopic (exact) mass is 507 g/mol. The van der Waals surface area contributed by atoms with Gasteiger partial charge in [0.25, 0.3) is 0 Å². The number of likely N-dealkylation sites (tertiary alicyclic amines) is 2. The first kappa shape index (κ1) is 24.1. The lowest BCUT2D eigenvalue weighted by Crippen LogP contribution is -2.68. The van der Waals surface area contributed by atoms with Gasteiger partial charge in [0.1, 0.15) is 12.7 Å². The highest BCUT2D eigenvalue weighted by Crippen LogP contribution is 2.50. The van der Waals surface area contributed by atoms with E-state index < -0.39 is 35.5 Å². The van der Waals surface area contributed by atoms with Crippen molar-refractivity contribution in [3.8, 4) is 5.88 Å². The number of ketones is 1. The summed E-state index contributed by atoms with van der Waals surface area (Å²) in [5.74, 6) is -0.470. The number of ether oxygens (including phenoxy) is 2. The number of nitrogens with zero attached hydrogens (tertiary/aromatic N) is 3. The number of carbonyl (C=O) groups is 2. The molecule has 0 unspecified atom stereocenters. The Balaban J connectivity index is 1.13. The third-order valence-corrected chi connectivity index (χ3v) is 7.30. The molecule has 3 saturated heterocycles. The Kier molecular flexibility index (Phi) is 5.68. The Morgan fingerprint density at radius 1 is 1.09 bits per heavy atom. The Morgan fingerprint density at radius 3 is 2.43 bits per heavy atom. The summed E-state index contributed by atoms with van der Waals surface area (Å²) in [6.45, 7) is 2.09. The Bertz CT molecular complexity index is 1020. The van der Waals surface area contributed by atoms with Gasteiger partial charge in [-0.05, 0) is 19.3 Å². The second-order valence-corrected chi connectivity index (χ2v) is 9.94. The van der Waals surface area contributed by atoms with Gasteiger partial charge in [0.2, 0.25) is 5.88 Å². The number of Topliss-reactive ketones (excluding diaryl/α,β-unsaturated/α-hetero) is 1. The molecule has 2 amide bonds. The number of amides is 2. The highest BCUT2D eigenvalue weighted by molar-refractivity contribution is 5.81. The van der Waals surface area contributed by atoms with E-state index in [1.54, 1.807) is 9.80 Å². The molecule has 35 heavy (non-hydrogen) atoms. The van der Waals surface area contributed by atoms with Gasteiger partial charge in [0, 0.05) is 56.2 Å². The Morgan fingerprint density at radius 2 is 1.77 bits per heavy atom. The van der Waals surface area contributed by atoms with Crippen LogP contribution in [0.15, 0.2) is 12.3 Å². The van der Waals surface area contributed by atoms with Crippen LogP contribution in [0.5, 0.6) is 5.88 Å². The molecule has 1 aromatic rings. The van der Waals surface area contributed by atoms with E-state index in [4.69, 9.17) is 9.47 Å². The molecule has 192 valence electrons. The third kappa shape index (κ3) is 4.66. The summed E-state index contributed by atoms with van der Waals surface area (Å²) in [7, 11) is 0. The van der Waals surface area contributed by atoms with Crippen molar-refractivity contribution in [1.82, 2.24) is 14.8 Å². The first-order valence-electron chi connectivity index (χ1n) is 11.3. The Labute approximate surface area is 196 Å². The fraction of sp³-hybridized carbons (Fsp3) is 0.682. The second-order valence-electron chi connectivity index (χ2n) is 9.94. The summed E-state index contributed by atoms with van der Waals surface area (Å²) >= 11 is 0. The highest BCUT2D eigenvalue weighted by atomic mass is 19.4. The number of aromatic nitrogens is 1. The van der Waals surface area contributed by atoms with Crippen molar-refractivity contribution in [2.75, 3.05) is 32.8 Å². The Hall–Kier alpha value is -2.57. The SMILES string of the molecule is O=C1CO[C@H]2CCN(C(=O)N3CC4(CC(Oc5cc(C(F)(F)F)c(C(F)(F)F)cn5)C4)C3)C[C@H]2C1. The van der Waals surface area contributed by atoms with Crippen LogP contribution < -0.4 is 4.74 Å². The van der Waals surface area contributed by atoms with Crippen molar-refractivity contribution in [1.29, 1.82) is 0 Å². The van der Waals surface area contributed by atoms with Crippen molar-refractivity contribution in [3.05, 3.63) is 23.4 Å².